The average Bonchev–Trinajstić information content (AvgIpc) is 3.33. The molecule has 1 aliphatic rings. The Kier molecular flexibility index (Phi) is 9.46. The first kappa shape index (κ1) is 29.4. The van der Waals surface area contributed by atoms with Crippen LogP contribution in [0.25, 0.3) is 0 Å². The van der Waals surface area contributed by atoms with E-state index in [1.54, 1.807) is 36.4 Å². The van der Waals surface area contributed by atoms with Crippen molar-refractivity contribution in [1.82, 2.24) is 0 Å². The number of carbonyl (C=O) groups is 1. The van der Waals surface area contributed by atoms with Crippen molar-refractivity contribution in [2.24, 2.45) is 5.92 Å². The standard InChI is InChI=1S/C28H34N2O9/c1-17(2)28(16-29,19-13-24(34-4)27(36-6)25(14-19)35-5)12-11-21(37-18(3)31)20(30(32)33)15-26-38-22-9-7-8-10-23(22)39-26/h7-10,13-14,17,20-21,26H,11-12,15H2,1-6H3. The molecule has 0 aromatic heterocycles. The Labute approximate surface area is 227 Å². The molecule has 0 fully saturated rings. The Hall–Kier alpha value is -4.20. The minimum atomic E-state index is -1.34. The maximum atomic E-state index is 12.2. The second-order valence-electron chi connectivity index (χ2n) is 9.54. The van der Waals surface area contributed by atoms with Crippen molar-refractivity contribution in [3.05, 3.63) is 52.1 Å². The Morgan fingerprint density at radius 2 is 1.67 bits per heavy atom. The average molecular weight is 543 g/mol. The molecule has 2 aromatic rings. The number of esters is 1. The first-order valence-corrected chi connectivity index (χ1v) is 12.5. The van der Waals surface area contributed by atoms with Gasteiger partial charge in [-0.1, -0.05) is 26.0 Å². The molecule has 0 saturated heterocycles. The number of carbonyl (C=O) groups excluding carboxylic acids is 1. The van der Waals surface area contributed by atoms with Crippen LogP contribution in [-0.2, 0) is 14.9 Å². The van der Waals surface area contributed by atoms with Gasteiger partial charge < -0.3 is 28.4 Å². The number of rotatable bonds is 13. The largest absolute Gasteiger partial charge is 0.493 e. The maximum absolute atomic E-state index is 12.2. The van der Waals surface area contributed by atoms with Crippen molar-refractivity contribution >= 4 is 5.97 Å². The van der Waals surface area contributed by atoms with Crippen LogP contribution in [0.5, 0.6) is 28.7 Å². The third-order valence-electron chi connectivity index (χ3n) is 7.01. The number of ether oxygens (including phenoxy) is 6. The van der Waals surface area contributed by atoms with Crippen LogP contribution in [-0.4, -0.2) is 50.7 Å². The summed E-state index contributed by atoms with van der Waals surface area (Å²) in [7, 11) is 4.44. The number of fused-ring (bicyclic) bond motifs is 1. The molecule has 1 aliphatic heterocycles. The van der Waals surface area contributed by atoms with Crippen molar-refractivity contribution in [3.63, 3.8) is 0 Å². The Morgan fingerprint density at radius 1 is 1.10 bits per heavy atom. The van der Waals surface area contributed by atoms with E-state index in [2.05, 4.69) is 6.07 Å². The Morgan fingerprint density at radius 3 is 2.08 bits per heavy atom. The highest BCUT2D eigenvalue weighted by molar-refractivity contribution is 5.66. The van der Waals surface area contributed by atoms with E-state index in [0.29, 0.717) is 34.3 Å². The van der Waals surface area contributed by atoms with Crippen LogP contribution in [0.2, 0.25) is 0 Å². The molecule has 39 heavy (non-hydrogen) atoms. The van der Waals surface area contributed by atoms with Crippen molar-refractivity contribution in [2.75, 3.05) is 21.3 Å². The number of hydrogen-bond donors (Lipinski definition) is 0. The zero-order valence-corrected chi connectivity index (χ0v) is 23.0. The highest BCUT2D eigenvalue weighted by Crippen LogP contribution is 2.46. The van der Waals surface area contributed by atoms with Gasteiger partial charge in [-0.05, 0) is 48.6 Å². The lowest BCUT2D eigenvalue weighted by Crippen LogP contribution is -2.42. The lowest BCUT2D eigenvalue weighted by atomic mass is 9.69. The Bertz CT molecular complexity index is 1180. The normalized spacial score (nSPS) is 15.5. The van der Waals surface area contributed by atoms with Gasteiger partial charge in [-0.2, -0.15) is 5.26 Å². The van der Waals surface area contributed by atoms with Crippen LogP contribution in [0, 0.1) is 27.4 Å². The van der Waals surface area contributed by atoms with Gasteiger partial charge in [0.25, 0.3) is 6.04 Å². The molecule has 0 bridgehead atoms. The minimum absolute atomic E-state index is 0.0350. The third-order valence-corrected chi connectivity index (χ3v) is 7.01. The van der Waals surface area contributed by atoms with Gasteiger partial charge in [0.05, 0.1) is 39.2 Å². The lowest BCUT2D eigenvalue weighted by Gasteiger charge is -2.34. The predicted octanol–water partition coefficient (Wildman–Crippen LogP) is 4.67. The number of hydrogen-bond acceptors (Lipinski definition) is 10. The van der Waals surface area contributed by atoms with Crippen LogP contribution in [0.4, 0.5) is 0 Å². The van der Waals surface area contributed by atoms with Gasteiger partial charge in [0.2, 0.25) is 12.0 Å². The summed E-state index contributed by atoms with van der Waals surface area (Å²) in [6, 6.07) is 11.5. The fourth-order valence-electron chi connectivity index (χ4n) is 4.89. The molecule has 1 heterocycles. The van der Waals surface area contributed by atoms with E-state index in [1.807, 2.05) is 13.8 Å². The van der Waals surface area contributed by atoms with Gasteiger partial charge in [0.1, 0.15) is 0 Å². The summed E-state index contributed by atoms with van der Waals surface area (Å²) in [6.45, 7) is 4.97. The van der Waals surface area contributed by atoms with Crippen molar-refractivity contribution in [2.45, 2.75) is 63.9 Å². The molecule has 210 valence electrons. The van der Waals surface area contributed by atoms with Crippen LogP contribution in [0.1, 0.15) is 45.6 Å². The topological polar surface area (TPSA) is 139 Å². The van der Waals surface area contributed by atoms with E-state index in [1.165, 1.54) is 28.3 Å². The summed E-state index contributed by atoms with van der Waals surface area (Å²) < 4.78 is 33.3. The summed E-state index contributed by atoms with van der Waals surface area (Å²) in [6.07, 6.45) is -2.04. The van der Waals surface area contributed by atoms with Gasteiger partial charge in [-0.25, -0.2) is 0 Å². The summed E-state index contributed by atoms with van der Waals surface area (Å²) >= 11 is 0. The molecule has 0 spiro atoms. The summed E-state index contributed by atoms with van der Waals surface area (Å²) in [5, 5.41) is 22.7. The highest BCUT2D eigenvalue weighted by Gasteiger charge is 2.44. The number of nitrogens with zero attached hydrogens (tertiary/aromatic N) is 2. The van der Waals surface area contributed by atoms with E-state index in [9.17, 15) is 20.2 Å². The zero-order chi connectivity index (χ0) is 28.7. The molecule has 3 atom stereocenters. The first-order chi connectivity index (χ1) is 18.6. The van der Waals surface area contributed by atoms with Gasteiger partial charge in [-0.3, -0.25) is 14.9 Å². The van der Waals surface area contributed by atoms with E-state index in [0.717, 1.165) is 0 Å². The monoisotopic (exact) mass is 542 g/mol. The first-order valence-electron chi connectivity index (χ1n) is 12.5. The molecule has 11 heteroatoms. The number of para-hydroxylation sites is 2. The molecule has 0 aliphatic carbocycles. The fraction of sp³-hybridized carbons (Fsp3) is 0.500. The number of nitro groups is 1. The molecule has 0 radical (unpaired) electrons. The molecule has 11 nitrogen and oxygen atoms in total. The summed E-state index contributed by atoms with van der Waals surface area (Å²) in [4.78, 5) is 23.7. The predicted molar refractivity (Wildman–Crippen MR) is 140 cm³/mol. The molecule has 3 unspecified atom stereocenters. The van der Waals surface area contributed by atoms with Crippen LogP contribution < -0.4 is 23.7 Å². The SMILES string of the molecule is COc1cc(C(C#N)(CCC(OC(C)=O)C(CC2Oc3ccccc3O2)[N+](=O)[O-])C(C)C)cc(OC)c1OC. The maximum Gasteiger partial charge on any atom is 0.303 e. The van der Waals surface area contributed by atoms with Crippen LogP contribution in [0.3, 0.4) is 0 Å². The molecular formula is C28H34N2O9. The molecule has 2 aromatic carbocycles. The molecule has 0 amide bonds. The minimum Gasteiger partial charge on any atom is -0.493 e. The number of nitriles is 1. The molecular weight excluding hydrogens is 508 g/mol. The third kappa shape index (κ3) is 6.28. The lowest BCUT2D eigenvalue weighted by molar-refractivity contribution is -0.537. The molecule has 0 N–H and O–H groups in total. The van der Waals surface area contributed by atoms with E-state index in [4.69, 9.17) is 28.4 Å². The molecule has 3 rings (SSSR count). The highest BCUT2D eigenvalue weighted by atomic mass is 16.7. The van der Waals surface area contributed by atoms with Crippen molar-refractivity contribution in [3.8, 4) is 34.8 Å². The van der Waals surface area contributed by atoms with Gasteiger partial charge >= 0.3 is 5.97 Å². The van der Waals surface area contributed by atoms with E-state index in [-0.39, 0.29) is 25.2 Å². The van der Waals surface area contributed by atoms with Crippen molar-refractivity contribution in [1.29, 1.82) is 5.26 Å². The molecule has 0 saturated carbocycles. The quantitative estimate of drug-likeness (QED) is 0.199. The zero-order valence-electron chi connectivity index (χ0n) is 23.0. The van der Waals surface area contributed by atoms with Gasteiger partial charge in [0, 0.05) is 11.8 Å². The van der Waals surface area contributed by atoms with Gasteiger partial charge in [-0.15, -0.1) is 0 Å². The van der Waals surface area contributed by atoms with E-state index < -0.39 is 34.7 Å². The summed E-state index contributed by atoms with van der Waals surface area (Å²) in [5.41, 5.74) is -0.533. The fourth-order valence-corrected chi connectivity index (χ4v) is 4.89. The second kappa shape index (κ2) is 12.6. The number of benzene rings is 2. The van der Waals surface area contributed by atoms with Crippen LogP contribution >= 0.6 is 0 Å². The van der Waals surface area contributed by atoms with Crippen LogP contribution in [0.15, 0.2) is 36.4 Å². The van der Waals surface area contributed by atoms with Gasteiger partial charge in [0.15, 0.2) is 29.1 Å². The van der Waals surface area contributed by atoms with Crippen molar-refractivity contribution < 1.29 is 38.1 Å². The summed E-state index contributed by atoms with van der Waals surface area (Å²) in [5.74, 6) is 1.21. The smallest absolute Gasteiger partial charge is 0.303 e. The number of methoxy groups -OCH3 is 3. The second-order valence-corrected chi connectivity index (χ2v) is 9.54. The Balaban J connectivity index is 1.93. The van der Waals surface area contributed by atoms with E-state index >= 15 is 0 Å².